The predicted molar refractivity (Wildman–Crippen MR) is 107 cm³/mol. The maximum atomic E-state index is 14.4. The Morgan fingerprint density at radius 1 is 0.900 bits per heavy atom. The molecule has 0 bridgehead atoms. The fourth-order valence-electron chi connectivity index (χ4n) is 5.77. The van der Waals surface area contributed by atoms with Gasteiger partial charge in [0, 0.05) is 6.07 Å². The number of hydrogen-bond donors (Lipinski definition) is 0. The molecule has 1 saturated carbocycles. The first kappa shape index (κ1) is 21.1. The standard InChI is InChI=1S/C25H25F5/c1-2-3-4-5-14-6-7-17-19(9-8-18-20(17)12-16(26)13-21(18)27)24(14)15-10-22(28)25(30)23(29)11-15/h2-3,10-14,17,19,24H,4-9H2,1H3/t14-,17-,19+,24-/m1/s1. The van der Waals surface area contributed by atoms with Crippen LogP contribution in [0.3, 0.4) is 0 Å². The summed E-state index contributed by atoms with van der Waals surface area (Å²) in [6, 6.07) is 4.55. The van der Waals surface area contributed by atoms with Gasteiger partial charge in [-0.3, -0.25) is 0 Å². The molecule has 0 spiro atoms. The van der Waals surface area contributed by atoms with Crippen molar-refractivity contribution in [2.45, 2.75) is 57.3 Å². The lowest BCUT2D eigenvalue weighted by molar-refractivity contribution is 0.160. The number of fused-ring (bicyclic) bond motifs is 3. The van der Waals surface area contributed by atoms with Gasteiger partial charge in [-0.05, 0) is 104 Å². The first-order chi connectivity index (χ1) is 14.4. The molecular formula is C25H25F5. The Bertz CT molecular complexity index is 941. The molecule has 30 heavy (non-hydrogen) atoms. The smallest absolute Gasteiger partial charge is 0.194 e. The minimum atomic E-state index is -1.46. The Labute approximate surface area is 173 Å². The van der Waals surface area contributed by atoms with Crippen LogP contribution in [0.25, 0.3) is 0 Å². The van der Waals surface area contributed by atoms with Crippen LogP contribution in [0.4, 0.5) is 22.0 Å². The van der Waals surface area contributed by atoms with Crippen LogP contribution < -0.4 is 0 Å². The number of allylic oxidation sites excluding steroid dienone is 2. The van der Waals surface area contributed by atoms with Crippen molar-refractivity contribution in [1.29, 1.82) is 0 Å². The van der Waals surface area contributed by atoms with Gasteiger partial charge in [0.15, 0.2) is 17.5 Å². The van der Waals surface area contributed by atoms with Gasteiger partial charge in [-0.2, -0.15) is 0 Å². The lowest BCUT2D eigenvalue weighted by atomic mass is 9.57. The Hall–Kier alpha value is -2.17. The molecule has 0 N–H and O–H groups in total. The lowest BCUT2D eigenvalue weighted by Gasteiger charge is -2.47. The van der Waals surface area contributed by atoms with Gasteiger partial charge in [0.2, 0.25) is 0 Å². The molecule has 0 amide bonds. The largest absolute Gasteiger partial charge is 0.207 e. The summed E-state index contributed by atoms with van der Waals surface area (Å²) in [6.45, 7) is 1.94. The second-order valence-corrected chi connectivity index (χ2v) is 8.57. The van der Waals surface area contributed by atoms with Crippen LogP contribution in [0.2, 0.25) is 0 Å². The van der Waals surface area contributed by atoms with Crippen molar-refractivity contribution in [3.05, 3.63) is 82.2 Å². The third kappa shape index (κ3) is 3.79. The highest BCUT2D eigenvalue weighted by Gasteiger charge is 2.43. The van der Waals surface area contributed by atoms with E-state index in [0.717, 1.165) is 43.9 Å². The van der Waals surface area contributed by atoms with Gasteiger partial charge in [-0.15, -0.1) is 0 Å². The highest BCUT2D eigenvalue weighted by atomic mass is 19.2. The molecule has 0 unspecified atom stereocenters. The Morgan fingerprint density at radius 2 is 1.63 bits per heavy atom. The van der Waals surface area contributed by atoms with Gasteiger partial charge in [0.1, 0.15) is 11.6 Å². The number of rotatable bonds is 4. The number of benzene rings is 2. The maximum Gasteiger partial charge on any atom is 0.194 e. The third-order valence-corrected chi connectivity index (χ3v) is 6.99. The molecule has 4 atom stereocenters. The monoisotopic (exact) mass is 420 g/mol. The topological polar surface area (TPSA) is 0 Å². The molecule has 5 heteroatoms. The highest BCUT2D eigenvalue weighted by Crippen LogP contribution is 2.55. The van der Waals surface area contributed by atoms with Crippen LogP contribution in [0.15, 0.2) is 36.4 Å². The summed E-state index contributed by atoms with van der Waals surface area (Å²) in [6.07, 6.45) is 8.43. The molecule has 0 radical (unpaired) electrons. The van der Waals surface area contributed by atoms with E-state index in [9.17, 15) is 22.0 Å². The van der Waals surface area contributed by atoms with E-state index in [-0.39, 0.29) is 23.7 Å². The predicted octanol–water partition coefficient (Wildman–Crippen LogP) is 7.58. The summed E-state index contributed by atoms with van der Waals surface area (Å²) in [5, 5.41) is 0. The van der Waals surface area contributed by atoms with E-state index >= 15 is 0 Å². The summed E-state index contributed by atoms with van der Waals surface area (Å²) in [4.78, 5) is 0. The van der Waals surface area contributed by atoms with E-state index in [1.807, 2.05) is 13.0 Å². The van der Waals surface area contributed by atoms with Crippen LogP contribution in [0.5, 0.6) is 0 Å². The normalized spacial score (nSPS) is 25.9. The molecule has 0 nitrogen and oxygen atoms in total. The minimum Gasteiger partial charge on any atom is -0.207 e. The Kier molecular flexibility index (Phi) is 5.99. The molecular weight excluding hydrogens is 395 g/mol. The summed E-state index contributed by atoms with van der Waals surface area (Å²) in [7, 11) is 0. The van der Waals surface area contributed by atoms with E-state index in [4.69, 9.17) is 0 Å². The van der Waals surface area contributed by atoms with Crippen LogP contribution in [-0.4, -0.2) is 0 Å². The SMILES string of the molecule is CC=CCC[C@@H]1CC[C@H]2c3cc(F)cc(F)c3CC[C@@H]2[C@H]1c1cc(F)c(F)c(F)c1. The van der Waals surface area contributed by atoms with Crippen LogP contribution in [0, 0.1) is 40.9 Å². The molecule has 2 aliphatic carbocycles. The van der Waals surface area contributed by atoms with Gasteiger partial charge in [-0.25, -0.2) is 22.0 Å². The summed E-state index contributed by atoms with van der Waals surface area (Å²) >= 11 is 0. The van der Waals surface area contributed by atoms with Crippen LogP contribution in [-0.2, 0) is 6.42 Å². The van der Waals surface area contributed by atoms with Crippen molar-refractivity contribution in [3.63, 3.8) is 0 Å². The maximum absolute atomic E-state index is 14.4. The molecule has 0 aliphatic heterocycles. The first-order valence-corrected chi connectivity index (χ1v) is 10.6. The van der Waals surface area contributed by atoms with E-state index in [2.05, 4.69) is 6.08 Å². The molecule has 0 saturated heterocycles. The molecule has 4 rings (SSSR count). The van der Waals surface area contributed by atoms with E-state index < -0.39 is 29.1 Å². The summed E-state index contributed by atoms with van der Waals surface area (Å²) in [5.41, 5.74) is 1.69. The number of hydrogen-bond acceptors (Lipinski definition) is 0. The van der Waals surface area contributed by atoms with Gasteiger partial charge in [0.05, 0.1) is 0 Å². The van der Waals surface area contributed by atoms with Crippen molar-refractivity contribution in [2.24, 2.45) is 11.8 Å². The minimum absolute atomic E-state index is 0.00678. The van der Waals surface area contributed by atoms with E-state index in [0.29, 0.717) is 29.5 Å². The molecule has 2 aromatic rings. The molecule has 2 aliphatic rings. The average Bonchev–Trinajstić information content (AvgIpc) is 2.71. The van der Waals surface area contributed by atoms with Crippen molar-refractivity contribution >= 4 is 0 Å². The molecule has 160 valence electrons. The summed E-state index contributed by atoms with van der Waals surface area (Å²) < 4.78 is 70.1. The van der Waals surface area contributed by atoms with E-state index in [1.165, 1.54) is 6.07 Å². The average molecular weight is 420 g/mol. The second-order valence-electron chi connectivity index (χ2n) is 8.57. The first-order valence-electron chi connectivity index (χ1n) is 10.6. The molecule has 0 aromatic heterocycles. The Balaban J connectivity index is 1.76. The number of halogens is 5. The van der Waals surface area contributed by atoms with Crippen molar-refractivity contribution in [3.8, 4) is 0 Å². The highest BCUT2D eigenvalue weighted by molar-refractivity contribution is 5.38. The van der Waals surface area contributed by atoms with E-state index in [1.54, 1.807) is 0 Å². The van der Waals surface area contributed by atoms with Crippen molar-refractivity contribution in [1.82, 2.24) is 0 Å². The van der Waals surface area contributed by atoms with Crippen molar-refractivity contribution < 1.29 is 22.0 Å². The van der Waals surface area contributed by atoms with Crippen LogP contribution >= 0.6 is 0 Å². The second kappa shape index (κ2) is 8.52. The third-order valence-electron chi connectivity index (χ3n) is 6.99. The lowest BCUT2D eigenvalue weighted by Crippen LogP contribution is -2.35. The zero-order valence-electron chi connectivity index (χ0n) is 16.9. The fourth-order valence-corrected chi connectivity index (χ4v) is 5.77. The van der Waals surface area contributed by atoms with Crippen molar-refractivity contribution in [2.75, 3.05) is 0 Å². The van der Waals surface area contributed by atoms with Crippen LogP contribution in [0.1, 0.15) is 67.6 Å². The van der Waals surface area contributed by atoms with Gasteiger partial charge in [0.25, 0.3) is 0 Å². The fraction of sp³-hybridized carbons (Fsp3) is 0.440. The summed E-state index contributed by atoms with van der Waals surface area (Å²) in [5.74, 6) is -5.03. The van der Waals surface area contributed by atoms with Gasteiger partial charge in [-0.1, -0.05) is 12.2 Å². The molecule has 1 fully saturated rings. The van der Waals surface area contributed by atoms with Gasteiger partial charge >= 0.3 is 0 Å². The zero-order valence-corrected chi connectivity index (χ0v) is 16.9. The zero-order chi connectivity index (χ0) is 21.4. The molecule has 2 aromatic carbocycles. The van der Waals surface area contributed by atoms with Gasteiger partial charge < -0.3 is 0 Å². The quantitative estimate of drug-likeness (QED) is 0.272. The Morgan fingerprint density at radius 3 is 2.33 bits per heavy atom. The molecule has 0 heterocycles.